The van der Waals surface area contributed by atoms with E-state index in [9.17, 15) is 5.11 Å². The highest BCUT2D eigenvalue weighted by Crippen LogP contribution is 2.46. The Hall–Kier alpha value is -0.770. The lowest BCUT2D eigenvalue weighted by molar-refractivity contribution is -0.118. The molecule has 0 bridgehead atoms. The molecule has 1 spiro atoms. The number of aliphatic hydroxyl groups is 1. The zero-order valence-corrected chi connectivity index (χ0v) is 12.5. The molecule has 4 heteroatoms. The van der Waals surface area contributed by atoms with Crippen molar-refractivity contribution in [3.05, 3.63) is 28.8 Å². The molecule has 0 amide bonds. The van der Waals surface area contributed by atoms with Gasteiger partial charge in [-0.2, -0.15) is 0 Å². The molecule has 110 valence electrons. The summed E-state index contributed by atoms with van der Waals surface area (Å²) in [7, 11) is 0. The molecule has 0 radical (unpaired) electrons. The van der Waals surface area contributed by atoms with Crippen LogP contribution in [0.2, 0.25) is 5.02 Å². The molecule has 20 heavy (non-hydrogen) atoms. The molecule has 3 unspecified atom stereocenters. The first-order chi connectivity index (χ1) is 9.62. The van der Waals surface area contributed by atoms with E-state index in [1.165, 1.54) is 0 Å². The standard InChI is InChI=1S/C16H21ClO3/c1-2-3-12-9-16(6-7-19-12)10-14(18)13-8-11(17)4-5-15(13)20-16/h4-5,8,12,14,18H,2-3,6-7,9-10H2,1H3. The highest BCUT2D eigenvalue weighted by atomic mass is 35.5. The Morgan fingerprint density at radius 2 is 2.25 bits per heavy atom. The van der Waals surface area contributed by atoms with Crippen LogP contribution in [0.15, 0.2) is 18.2 Å². The summed E-state index contributed by atoms with van der Waals surface area (Å²) in [6, 6.07) is 5.48. The SMILES string of the molecule is CCCC1CC2(CCO1)CC(O)c1cc(Cl)ccc1O2. The summed E-state index contributed by atoms with van der Waals surface area (Å²) >= 11 is 6.00. The van der Waals surface area contributed by atoms with Crippen molar-refractivity contribution in [3.63, 3.8) is 0 Å². The third-order valence-electron chi connectivity index (χ3n) is 4.34. The fraction of sp³-hybridized carbons (Fsp3) is 0.625. The molecule has 1 saturated heterocycles. The summed E-state index contributed by atoms with van der Waals surface area (Å²) in [5.41, 5.74) is 0.528. The van der Waals surface area contributed by atoms with E-state index in [0.717, 1.165) is 37.0 Å². The Bertz CT molecular complexity index is 489. The van der Waals surface area contributed by atoms with Crippen LogP contribution < -0.4 is 4.74 Å². The molecule has 1 N–H and O–H groups in total. The summed E-state index contributed by atoms with van der Waals surface area (Å²) in [4.78, 5) is 0. The van der Waals surface area contributed by atoms with Gasteiger partial charge in [0.25, 0.3) is 0 Å². The second kappa shape index (κ2) is 5.55. The lowest BCUT2D eigenvalue weighted by Crippen LogP contribution is -2.48. The maximum atomic E-state index is 10.4. The van der Waals surface area contributed by atoms with Gasteiger partial charge in [-0.15, -0.1) is 0 Å². The first kappa shape index (κ1) is 14.2. The molecule has 3 rings (SSSR count). The molecule has 1 fully saturated rings. The number of ether oxygens (including phenoxy) is 2. The summed E-state index contributed by atoms with van der Waals surface area (Å²) in [5.74, 6) is 0.769. The highest BCUT2D eigenvalue weighted by molar-refractivity contribution is 6.30. The first-order valence-corrected chi connectivity index (χ1v) is 7.78. The van der Waals surface area contributed by atoms with Crippen molar-refractivity contribution in [2.45, 2.75) is 56.8 Å². The van der Waals surface area contributed by atoms with Crippen molar-refractivity contribution in [2.24, 2.45) is 0 Å². The maximum Gasteiger partial charge on any atom is 0.126 e. The minimum Gasteiger partial charge on any atom is -0.487 e. The molecule has 0 saturated carbocycles. The van der Waals surface area contributed by atoms with Crippen molar-refractivity contribution in [2.75, 3.05) is 6.61 Å². The Balaban J connectivity index is 1.84. The molecule has 0 aliphatic carbocycles. The molecule has 3 atom stereocenters. The van der Waals surface area contributed by atoms with Crippen LogP contribution in [0.5, 0.6) is 5.75 Å². The maximum absolute atomic E-state index is 10.4. The second-order valence-corrected chi connectivity index (χ2v) is 6.36. The van der Waals surface area contributed by atoms with Crippen molar-refractivity contribution in [1.82, 2.24) is 0 Å². The van der Waals surface area contributed by atoms with Crippen LogP contribution in [0.3, 0.4) is 0 Å². The van der Waals surface area contributed by atoms with Crippen molar-refractivity contribution >= 4 is 11.6 Å². The zero-order valence-electron chi connectivity index (χ0n) is 11.8. The molecular weight excluding hydrogens is 276 g/mol. The Morgan fingerprint density at radius 1 is 1.40 bits per heavy atom. The summed E-state index contributed by atoms with van der Waals surface area (Å²) in [6.45, 7) is 2.87. The average Bonchev–Trinajstić information content (AvgIpc) is 2.40. The first-order valence-electron chi connectivity index (χ1n) is 7.40. The van der Waals surface area contributed by atoms with E-state index in [2.05, 4.69) is 6.92 Å². The molecule has 2 aliphatic rings. The monoisotopic (exact) mass is 296 g/mol. The Morgan fingerprint density at radius 3 is 3.05 bits per heavy atom. The van der Waals surface area contributed by atoms with Gasteiger partial charge in [-0.05, 0) is 24.6 Å². The van der Waals surface area contributed by atoms with E-state index in [-0.39, 0.29) is 11.7 Å². The molecule has 3 nitrogen and oxygen atoms in total. The van der Waals surface area contributed by atoms with Crippen molar-refractivity contribution in [1.29, 1.82) is 0 Å². The molecule has 2 heterocycles. The zero-order chi connectivity index (χ0) is 14.2. The van der Waals surface area contributed by atoms with Crippen molar-refractivity contribution < 1.29 is 14.6 Å². The predicted octanol–water partition coefficient (Wildman–Crippen LogP) is 3.87. The smallest absolute Gasteiger partial charge is 0.126 e. The number of benzene rings is 1. The van der Waals surface area contributed by atoms with Crippen molar-refractivity contribution in [3.8, 4) is 5.75 Å². The fourth-order valence-corrected chi connectivity index (χ4v) is 3.56. The van der Waals surface area contributed by atoms with Gasteiger partial charge in [0.2, 0.25) is 0 Å². The van der Waals surface area contributed by atoms with Gasteiger partial charge in [0.05, 0.1) is 18.8 Å². The van der Waals surface area contributed by atoms with E-state index < -0.39 is 6.10 Å². The number of rotatable bonds is 2. The molecule has 0 aromatic heterocycles. The van der Waals surface area contributed by atoms with E-state index in [0.29, 0.717) is 18.1 Å². The van der Waals surface area contributed by atoms with Crippen LogP contribution in [0.1, 0.15) is 50.7 Å². The van der Waals surface area contributed by atoms with Crippen LogP contribution in [0, 0.1) is 0 Å². The second-order valence-electron chi connectivity index (χ2n) is 5.92. The summed E-state index contributed by atoms with van der Waals surface area (Å²) < 4.78 is 12.1. The number of fused-ring (bicyclic) bond motifs is 1. The molecular formula is C16H21ClO3. The lowest BCUT2D eigenvalue weighted by Gasteiger charge is -2.45. The Labute approximate surface area is 124 Å². The van der Waals surface area contributed by atoms with Gasteiger partial charge < -0.3 is 14.6 Å². The van der Waals surface area contributed by atoms with Gasteiger partial charge in [0, 0.05) is 29.8 Å². The minimum atomic E-state index is -0.502. The van der Waals surface area contributed by atoms with Gasteiger partial charge in [-0.3, -0.25) is 0 Å². The number of hydrogen-bond donors (Lipinski definition) is 1. The van der Waals surface area contributed by atoms with E-state index in [1.807, 2.05) is 12.1 Å². The van der Waals surface area contributed by atoms with Crippen LogP contribution in [0.4, 0.5) is 0 Å². The van der Waals surface area contributed by atoms with Crippen LogP contribution in [0.25, 0.3) is 0 Å². The molecule has 1 aromatic carbocycles. The van der Waals surface area contributed by atoms with E-state index in [4.69, 9.17) is 21.1 Å². The topological polar surface area (TPSA) is 38.7 Å². The third kappa shape index (κ3) is 2.67. The van der Waals surface area contributed by atoms with Crippen LogP contribution in [-0.4, -0.2) is 23.4 Å². The van der Waals surface area contributed by atoms with Gasteiger partial charge in [-0.25, -0.2) is 0 Å². The van der Waals surface area contributed by atoms with Crippen LogP contribution >= 0.6 is 11.6 Å². The van der Waals surface area contributed by atoms with Gasteiger partial charge in [0.15, 0.2) is 0 Å². The Kier molecular flexibility index (Phi) is 3.93. The van der Waals surface area contributed by atoms with E-state index >= 15 is 0 Å². The van der Waals surface area contributed by atoms with Gasteiger partial charge in [0.1, 0.15) is 11.4 Å². The number of halogens is 1. The largest absolute Gasteiger partial charge is 0.487 e. The minimum absolute atomic E-state index is 0.245. The fourth-order valence-electron chi connectivity index (χ4n) is 3.38. The van der Waals surface area contributed by atoms with Gasteiger partial charge in [-0.1, -0.05) is 24.9 Å². The lowest BCUT2D eigenvalue weighted by atomic mass is 9.80. The third-order valence-corrected chi connectivity index (χ3v) is 4.58. The predicted molar refractivity (Wildman–Crippen MR) is 78.3 cm³/mol. The summed E-state index contributed by atoms with van der Waals surface area (Å²) in [6.07, 6.45) is 4.23. The van der Waals surface area contributed by atoms with E-state index in [1.54, 1.807) is 6.07 Å². The molecule has 1 aromatic rings. The number of hydrogen-bond acceptors (Lipinski definition) is 3. The summed E-state index contributed by atoms with van der Waals surface area (Å²) in [5, 5.41) is 11.1. The van der Waals surface area contributed by atoms with Crippen LogP contribution in [-0.2, 0) is 4.74 Å². The highest BCUT2D eigenvalue weighted by Gasteiger charge is 2.44. The quantitative estimate of drug-likeness (QED) is 0.900. The molecule has 2 aliphatic heterocycles. The normalized spacial score (nSPS) is 32.8. The number of aliphatic hydroxyl groups excluding tert-OH is 1. The van der Waals surface area contributed by atoms with Gasteiger partial charge >= 0.3 is 0 Å². The average molecular weight is 297 g/mol.